The van der Waals surface area contributed by atoms with Gasteiger partial charge in [-0.3, -0.25) is 0 Å². The van der Waals surface area contributed by atoms with E-state index in [0.717, 1.165) is 13.0 Å². The number of rotatable bonds is 4. The van der Waals surface area contributed by atoms with Crippen molar-refractivity contribution in [2.45, 2.75) is 13.3 Å². The van der Waals surface area contributed by atoms with Crippen molar-refractivity contribution in [3.8, 4) is 0 Å². The van der Waals surface area contributed by atoms with E-state index in [1.807, 2.05) is 0 Å². The molecule has 1 nitrogen and oxygen atoms in total. The van der Waals surface area contributed by atoms with Crippen LogP contribution in [0.2, 0.25) is 0 Å². The van der Waals surface area contributed by atoms with E-state index in [2.05, 4.69) is 83.4 Å². The first kappa shape index (κ1) is 12.4. The van der Waals surface area contributed by atoms with Crippen LogP contribution in [-0.2, 0) is 6.42 Å². The first-order valence-corrected chi connectivity index (χ1v) is 6.88. The second-order valence-corrected chi connectivity index (χ2v) is 5.24. The van der Waals surface area contributed by atoms with E-state index in [4.69, 9.17) is 0 Å². The van der Waals surface area contributed by atoms with Crippen molar-refractivity contribution in [1.82, 2.24) is 0 Å². The van der Waals surface area contributed by atoms with Crippen LogP contribution in [0, 0.1) is 10.5 Å². The van der Waals surface area contributed by atoms with Crippen molar-refractivity contribution in [2.75, 3.05) is 11.9 Å². The number of halogens is 1. The Morgan fingerprint density at radius 1 is 1.00 bits per heavy atom. The molecule has 2 rings (SSSR count). The molecule has 0 saturated heterocycles. The van der Waals surface area contributed by atoms with E-state index < -0.39 is 0 Å². The molecule has 0 aliphatic carbocycles. The van der Waals surface area contributed by atoms with Gasteiger partial charge in [0.2, 0.25) is 0 Å². The van der Waals surface area contributed by atoms with Crippen LogP contribution in [-0.4, -0.2) is 6.54 Å². The highest BCUT2D eigenvalue weighted by Crippen LogP contribution is 2.20. The summed E-state index contributed by atoms with van der Waals surface area (Å²) in [6.07, 6.45) is 1.06. The highest BCUT2D eigenvalue weighted by atomic mass is 127. The topological polar surface area (TPSA) is 12.0 Å². The zero-order valence-corrected chi connectivity index (χ0v) is 12.1. The van der Waals surface area contributed by atoms with Crippen molar-refractivity contribution in [1.29, 1.82) is 0 Å². The first-order chi connectivity index (χ1) is 8.27. The second kappa shape index (κ2) is 6.05. The molecule has 2 heteroatoms. The summed E-state index contributed by atoms with van der Waals surface area (Å²) in [7, 11) is 0. The van der Waals surface area contributed by atoms with Gasteiger partial charge in [-0.05, 0) is 59.2 Å². The number of nitrogens with one attached hydrogen (secondary N) is 1. The summed E-state index contributed by atoms with van der Waals surface area (Å²) in [6.45, 7) is 3.14. The minimum absolute atomic E-state index is 0.977. The Balaban J connectivity index is 1.93. The van der Waals surface area contributed by atoms with Gasteiger partial charge in [-0.15, -0.1) is 0 Å². The molecule has 0 atom stereocenters. The molecule has 0 fully saturated rings. The molecule has 0 radical (unpaired) electrons. The smallest absolute Gasteiger partial charge is 0.0380 e. The predicted octanol–water partition coefficient (Wildman–Crippen LogP) is 4.25. The summed E-state index contributed by atoms with van der Waals surface area (Å²) in [5, 5.41) is 3.50. The number of benzene rings is 2. The van der Waals surface area contributed by atoms with E-state index in [1.54, 1.807) is 0 Å². The maximum Gasteiger partial charge on any atom is 0.0380 e. The first-order valence-electron chi connectivity index (χ1n) is 5.80. The fourth-order valence-corrected chi connectivity index (χ4v) is 2.28. The summed E-state index contributed by atoms with van der Waals surface area (Å²) in [4.78, 5) is 0. The molecule has 0 heterocycles. The normalized spacial score (nSPS) is 10.2. The lowest BCUT2D eigenvalue weighted by molar-refractivity contribution is 1.02. The molecule has 0 aliphatic heterocycles. The molecule has 0 aromatic heterocycles. The molecule has 0 bridgehead atoms. The van der Waals surface area contributed by atoms with Crippen LogP contribution in [0.25, 0.3) is 0 Å². The number of hydrogen-bond acceptors (Lipinski definition) is 1. The van der Waals surface area contributed by atoms with Crippen molar-refractivity contribution in [2.24, 2.45) is 0 Å². The van der Waals surface area contributed by atoms with Crippen LogP contribution in [0.15, 0.2) is 48.5 Å². The summed E-state index contributed by atoms with van der Waals surface area (Å²) in [5.74, 6) is 0. The van der Waals surface area contributed by atoms with Gasteiger partial charge in [0.1, 0.15) is 0 Å². The van der Waals surface area contributed by atoms with E-state index >= 15 is 0 Å². The van der Waals surface area contributed by atoms with E-state index in [9.17, 15) is 0 Å². The SMILES string of the molecule is Cc1c(I)cccc1NCCc1ccccc1. The third kappa shape index (κ3) is 3.46. The van der Waals surface area contributed by atoms with Crippen LogP contribution in [0.5, 0.6) is 0 Å². The largest absolute Gasteiger partial charge is 0.384 e. The summed E-state index contributed by atoms with van der Waals surface area (Å²) < 4.78 is 1.31. The third-order valence-electron chi connectivity index (χ3n) is 2.84. The molecule has 0 aliphatic rings. The van der Waals surface area contributed by atoms with Crippen molar-refractivity contribution >= 4 is 28.3 Å². The predicted molar refractivity (Wildman–Crippen MR) is 82.5 cm³/mol. The van der Waals surface area contributed by atoms with Gasteiger partial charge in [0, 0.05) is 15.8 Å². The Hall–Kier alpha value is -1.03. The van der Waals surface area contributed by atoms with Gasteiger partial charge in [-0.1, -0.05) is 36.4 Å². The molecule has 0 spiro atoms. The Bertz CT molecular complexity index is 480. The third-order valence-corrected chi connectivity index (χ3v) is 4.01. The maximum atomic E-state index is 3.50. The van der Waals surface area contributed by atoms with Crippen molar-refractivity contribution < 1.29 is 0 Å². The van der Waals surface area contributed by atoms with Gasteiger partial charge in [-0.25, -0.2) is 0 Å². The van der Waals surface area contributed by atoms with Gasteiger partial charge in [-0.2, -0.15) is 0 Å². The fourth-order valence-electron chi connectivity index (χ4n) is 1.79. The van der Waals surface area contributed by atoms with Crippen LogP contribution < -0.4 is 5.32 Å². The van der Waals surface area contributed by atoms with E-state index in [-0.39, 0.29) is 0 Å². The number of hydrogen-bond donors (Lipinski definition) is 1. The average molecular weight is 337 g/mol. The van der Waals surface area contributed by atoms with Crippen LogP contribution in [0.3, 0.4) is 0 Å². The Morgan fingerprint density at radius 2 is 1.76 bits per heavy atom. The minimum Gasteiger partial charge on any atom is -0.384 e. The van der Waals surface area contributed by atoms with Gasteiger partial charge in [0.05, 0.1) is 0 Å². The maximum absolute atomic E-state index is 3.50. The molecule has 0 saturated carbocycles. The molecule has 0 unspecified atom stereocenters. The fraction of sp³-hybridized carbons (Fsp3) is 0.200. The van der Waals surface area contributed by atoms with Crippen LogP contribution in [0.1, 0.15) is 11.1 Å². The molecule has 1 N–H and O–H groups in total. The van der Waals surface area contributed by atoms with Crippen molar-refractivity contribution in [3.63, 3.8) is 0 Å². The highest BCUT2D eigenvalue weighted by molar-refractivity contribution is 14.1. The van der Waals surface area contributed by atoms with Gasteiger partial charge >= 0.3 is 0 Å². The van der Waals surface area contributed by atoms with Crippen LogP contribution >= 0.6 is 22.6 Å². The quantitative estimate of drug-likeness (QED) is 0.823. The molecule has 2 aromatic carbocycles. The second-order valence-electron chi connectivity index (χ2n) is 4.07. The molecule has 88 valence electrons. The Kier molecular flexibility index (Phi) is 4.42. The zero-order valence-electron chi connectivity index (χ0n) is 9.91. The van der Waals surface area contributed by atoms with Crippen LogP contribution in [0.4, 0.5) is 5.69 Å². The molecule has 17 heavy (non-hydrogen) atoms. The van der Waals surface area contributed by atoms with Gasteiger partial charge < -0.3 is 5.32 Å². The zero-order chi connectivity index (χ0) is 12.1. The lowest BCUT2D eigenvalue weighted by atomic mass is 10.1. The monoisotopic (exact) mass is 337 g/mol. The van der Waals surface area contributed by atoms with Gasteiger partial charge in [0.25, 0.3) is 0 Å². The molecule has 0 amide bonds. The van der Waals surface area contributed by atoms with E-state index in [0.29, 0.717) is 0 Å². The molecule has 2 aromatic rings. The lowest BCUT2D eigenvalue weighted by Crippen LogP contribution is -2.06. The molecular formula is C15H16IN. The van der Waals surface area contributed by atoms with Gasteiger partial charge in [0.15, 0.2) is 0 Å². The minimum atomic E-state index is 0.977. The summed E-state index contributed by atoms with van der Waals surface area (Å²) >= 11 is 2.37. The number of anilines is 1. The Morgan fingerprint density at radius 3 is 2.53 bits per heavy atom. The lowest BCUT2D eigenvalue weighted by Gasteiger charge is -2.10. The highest BCUT2D eigenvalue weighted by Gasteiger charge is 2.00. The summed E-state index contributed by atoms with van der Waals surface area (Å²) in [5.41, 5.74) is 3.96. The van der Waals surface area contributed by atoms with Crippen molar-refractivity contribution in [3.05, 3.63) is 63.2 Å². The standard InChI is InChI=1S/C15H16IN/c1-12-14(16)8-5-9-15(12)17-11-10-13-6-3-2-4-7-13/h2-9,17H,10-11H2,1H3. The molecular weight excluding hydrogens is 321 g/mol. The van der Waals surface area contributed by atoms with E-state index in [1.165, 1.54) is 20.4 Å². The Labute approximate surface area is 116 Å². The average Bonchev–Trinajstić information content (AvgIpc) is 2.36. The summed E-state index contributed by atoms with van der Waals surface area (Å²) in [6, 6.07) is 17.0.